The van der Waals surface area contributed by atoms with Crippen LogP contribution in [-0.4, -0.2) is 11.7 Å². The third-order valence-electron chi connectivity index (χ3n) is 1.91. The van der Waals surface area contributed by atoms with Gasteiger partial charge in [-0.05, 0) is 24.1 Å². The predicted molar refractivity (Wildman–Crippen MR) is 49.8 cm³/mol. The molecule has 0 heterocycles. The minimum absolute atomic E-state index is 0.0845. The van der Waals surface area contributed by atoms with Gasteiger partial charge in [-0.3, -0.25) is 0 Å². The number of aliphatic hydroxyl groups excluding tert-OH is 1. The molecule has 0 aromatic heterocycles. The van der Waals surface area contributed by atoms with Crippen LogP contribution in [0.1, 0.15) is 23.6 Å². The van der Waals surface area contributed by atoms with Crippen molar-refractivity contribution >= 4 is 0 Å². The summed E-state index contributed by atoms with van der Waals surface area (Å²) in [6.07, 6.45) is 0.548. The van der Waals surface area contributed by atoms with Crippen molar-refractivity contribution in [2.75, 3.05) is 6.61 Å². The average Bonchev–Trinajstić information content (AvgIpc) is 2.18. The van der Waals surface area contributed by atoms with Crippen LogP contribution < -0.4 is 5.73 Å². The molecule has 3 heteroatoms. The fourth-order valence-electron chi connectivity index (χ4n) is 1.11. The number of hydrogen-bond acceptors (Lipinski definition) is 3. The maximum absolute atomic E-state index is 8.67. The molecule has 0 amide bonds. The molecule has 0 saturated carbocycles. The molecule has 0 fully saturated rings. The Balaban J connectivity index is 2.75. The zero-order valence-corrected chi connectivity index (χ0v) is 7.27. The number of aliphatic hydroxyl groups is 1. The first-order chi connectivity index (χ1) is 6.27. The highest BCUT2D eigenvalue weighted by Gasteiger charge is 2.03. The van der Waals surface area contributed by atoms with Crippen molar-refractivity contribution in [1.82, 2.24) is 0 Å². The summed E-state index contributed by atoms with van der Waals surface area (Å²) in [6, 6.07) is 8.99. The highest BCUT2D eigenvalue weighted by Crippen LogP contribution is 2.13. The molecule has 0 bridgehead atoms. The number of nitrogens with two attached hydrogens (primary N) is 1. The molecule has 1 atom stereocenters. The van der Waals surface area contributed by atoms with Crippen LogP contribution in [0.3, 0.4) is 0 Å². The summed E-state index contributed by atoms with van der Waals surface area (Å²) in [5, 5.41) is 17.2. The van der Waals surface area contributed by atoms with Gasteiger partial charge in [-0.2, -0.15) is 5.26 Å². The molecule has 0 aliphatic heterocycles. The summed E-state index contributed by atoms with van der Waals surface area (Å²) in [4.78, 5) is 0. The molecule has 1 rings (SSSR count). The molecule has 3 N–H and O–H groups in total. The number of nitrogens with zero attached hydrogens (tertiary/aromatic N) is 1. The summed E-state index contributed by atoms with van der Waals surface area (Å²) >= 11 is 0. The van der Waals surface area contributed by atoms with Gasteiger partial charge in [0.15, 0.2) is 0 Å². The van der Waals surface area contributed by atoms with Crippen molar-refractivity contribution in [3.8, 4) is 6.07 Å². The van der Waals surface area contributed by atoms with Gasteiger partial charge < -0.3 is 10.8 Å². The summed E-state index contributed by atoms with van der Waals surface area (Å²) in [6.45, 7) is 0.0845. The Bertz CT molecular complexity index is 300. The highest BCUT2D eigenvalue weighted by atomic mass is 16.3. The topological polar surface area (TPSA) is 70.0 Å². The second-order valence-corrected chi connectivity index (χ2v) is 2.85. The van der Waals surface area contributed by atoms with Gasteiger partial charge in [0.05, 0.1) is 11.6 Å². The molecule has 0 saturated heterocycles. The molecule has 1 aromatic rings. The van der Waals surface area contributed by atoms with Crippen LogP contribution in [0.15, 0.2) is 24.3 Å². The van der Waals surface area contributed by atoms with Crippen molar-refractivity contribution in [3.05, 3.63) is 35.4 Å². The Labute approximate surface area is 77.4 Å². The third-order valence-corrected chi connectivity index (χ3v) is 1.91. The molecular weight excluding hydrogens is 164 g/mol. The Hall–Kier alpha value is -1.37. The molecule has 0 aliphatic carbocycles. The van der Waals surface area contributed by atoms with Crippen LogP contribution in [-0.2, 0) is 0 Å². The highest BCUT2D eigenvalue weighted by molar-refractivity contribution is 5.32. The Morgan fingerprint density at radius 1 is 1.38 bits per heavy atom. The standard InChI is InChI=1S/C10H12N2O/c11-7-8-1-3-9(4-2-8)10(12)5-6-13/h1-4,10,13H,5-6,12H2/t10-/m0/s1. The van der Waals surface area contributed by atoms with Crippen molar-refractivity contribution < 1.29 is 5.11 Å². The lowest BCUT2D eigenvalue weighted by molar-refractivity contribution is 0.276. The van der Waals surface area contributed by atoms with E-state index in [0.717, 1.165) is 5.56 Å². The lowest BCUT2D eigenvalue weighted by Gasteiger charge is -2.09. The summed E-state index contributed by atoms with van der Waals surface area (Å²) in [5.41, 5.74) is 7.33. The van der Waals surface area contributed by atoms with Crippen LogP contribution in [0.4, 0.5) is 0 Å². The third kappa shape index (κ3) is 2.55. The van der Waals surface area contributed by atoms with E-state index in [9.17, 15) is 0 Å². The second kappa shape index (κ2) is 4.61. The van der Waals surface area contributed by atoms with Crippen molar-refractivity contribution in [1.29, 1.82) is 5.26 Å². The summed E-state index contributed by atoms with van der Waals surface area (Å²) in [7, 11) is 0. The van der Waals surface area contributed by atoms with Crippen LogP contribution >= 0.6 is 0 Å². The zero-order valence-electron chi connectivity index (χ0n) is 7.27. The molecule has 0 spiro atoms. The summed E-state index contributed by atoms with van der Waals surface area (Å²) < 4.78 is 0. The van der Waals surface area contributed by atoms with Gasteiger partial charge in [0.2, 0.25) is 0 Å². The second-order valence-electron chi connectivity index (χ2n) is 2.85. The van der Waals surface area contributed by atoms with Gasteiger partial charge in [0.25, 0.3) is 0 Å². The molecular formula is C10H12N2O. The largest absolute Gasteiger partial charge is 0.396 e. The van der Waals surface area contributed by atoms with Crippen molar-refractivity contribution in [2.24, 2.45) is 5.73 Å². The quantitative estimate of drug-likeness (QED) is 0.720. The van der Waals surface area contributed by atoms with E-state index in [1.54, 1.807) is 12.1 Å². The molecule has 13 heavy (non-hydrogen) atoms. The SMILES string of the molecule is N#Cc1ccc([C@@H](N)CCO)cc1. The van der Waals surface area contributed by atoms with Gasteiger partial charge >= 0.3 is 0 Å². The zero-order chi connectivity index (χ0) is 9.68. The van der Waals surface area contributed by atoms with E-state index in [1.165, 1.54) is 0 Å². The van der Waals surface area contributed by atoms with Crippen molar-refractivity contribution in [2.45, 2.75) is 12.5 Å². The maximum Gasteiger partial charge on any atom is 0.0991 e. The number of rotatable bonds is 3. The number of benzene rings is 1. The normalized spacial score (nSPS) is 12.1. The molecule has 3 nitrogen and oxygen atoms in total. The smallest absolute Gasteiger partial charge is 0.0991 e. The van der Waals surface area contributed by atoms with E-state index < -0.39 is 0 Å². The minimum atomic E-state index is -0.141. The molecule has 0 unspecified atom stereocenters. The Morgan fingerprint density at radius 3 is 2.46 bits per heavy atom. The lowest BCUT2D eigenvalue weighted by atomic mass is 10.0. The van der Waals surface area contributed by atoms with E-state index in [1.807, 2.05) is 18.2 Å². The van der Waals surface area contributed by atoms with E-state index in [-0.39, 0.29) is 12.6 Å². The fraction of sp³-hybridized carbons (Fsp3) is 0.300. The Morgan fingerprint density at radius 2 is 2.00 bits per heavy atom. The van der Waals surface area contributed by atoms with Gasteiger partial charge in [-0.25, -0.2) is 0 Å². The van der Waals surface area contributed by atoms with E-state index >= 15 is 0 Å². The van der Waals surface area contributed by atoms with Gasteiger partial charge in [0.1, 0.15) is 0 Å². The first kappa shape index (κ1) is 9.72. The molecule has 0 aliphatic rings. The predicted octanol–water partition coefficient (Wildman–Crippen LogP) is 0.940. The van der Waals surface area contributed by atoms with Crippen LogP contribution in [0.25, 0.3) is 0 Å². The van der Waals surface area contributed by atoms with Gasteiger partial charge in [-0.15, -0.1) is 0 Å². The van der Waals surface area contributed by atoms with Crippen molar-refractivity contribution in [3.63, 3.8) is 0 Å². The molecule has 68 valence electrons. The van der Waals surface area contributed by atoms with Gasteiger partial charge in [0, 0.05) is 12.6 Å². The molecule has 0 radical (unpaired) electrons. The molecule has 1 aromatic carbocycles. The number of hydrogen-bond donors (Lipinski definition) is 2. The average molecular weight is 176 g/mol. The monoisotopic (exact) mass is 176 g/mol. The Kier molecular flexibility index (Phi) is 3.44. The first-order valence-corrected chi connectivity index (χ1v) is 4.14. The van der Waals surface area contributed by atoms with Gasteiger partial charge in [-0.1, -0.05) is 12.1 Å². The van der Waals surface area contributed by atoms with Crippen LogP contribution in [0.5, 0.6) is 0 Å². The van der Waals surface area contributed by atoms with E-state index in [0.29, 0.717) is 12.0 Å². The maximum atomic E-state index is 8.67. The summed E-state index contributed by atoms with van der Waals surface area (Å²) in [5.74, 6) is 0. The van der Waals surface area contributed by atoms with Crippen LogP contribution in [0.2, 0.25) is 0 Å². The van der Waals surface area contributed by atoms with E-state index in [2.05, 4.69) is 0 Å². The number of nitriles is 1. The lowest BCUT2D eigenvalue weighted by Crippen LogP contribution is -2.11. The first-order valence-electron chi connectivity index (χ1n) is 4.14. The fourth-order valence-corrected chi connectivity index (χ4v) is 1.11. The minimum Gasteiger partial charge on any atom is -0.396 e. The van der Waals surface area contributed by atoms with E-state index in [4.69, 9.17) is 16.1 Å². The van der Waals surface area contributed by atoms with Crippen LogP contribution in [0, 0.1) is 11.3 Å².